The Morgan fingerprint density at radius 3 is 2.83 bits per heavy atom. The van der Waals surface area contributed by atoms with Gasteiger partial charge in [-0.3, -0.25) is 10.1 Å². The average molecular weight is 391 g/mol. The zero-order valence-corrected chi connectivity index (χ0v) is 14.6. The summed E-state index contributed by atoms with van der Waals surface area (Å²) >= 11 is 3.57. The maximum atomic E-state index is 11.9. The Morgan fingerprint density at radius 2 is 2.12 bits per heavy atom. The van der Waals surface area contributed by atoms with Crippen molar-refractivity contribution in [2.45, 2.75) is 13.0 Å². The molecular formula is C17H15BrN2O4. The Hall–Kier alpha value is -2.41. The number of methoxy groups -OCH3 is 1. The standard InChI is InChI=1S/C17H15BrN2O4/c1-24-17(21)13-9-12(5-6-16(13)20(22)23)19-8-7-11-3-2-4-15(18)14(11)10-19/h2-6,9H,7-8,10H2,1H3. The minimum atomic E-state index is -0.706. The lowest BCUT2D eigenvalue weighted by molar-refractivity contribution is -0.385. The summed E-state index contributed by atoms with van der Waals surface area (Å²) in [7, 11) is 1.22. The highest BCUT2D eigenvalue weighted by Crippen LogP contribution is 2.32. The summed E-state index contributed by atoms with van der Waals surface area (Å²) in [5.74, 6) is -0.706. The van der Waals surface area contributed by atoms with Crippen LogP contribution in [0.25, 0.3) is 0 Å². The maximum Gasteiger partial charge on any atom is 0.344 e. The van der Waals surface area contributed by atoms with Crippen LogP contribution in [-0.4, -0.2) is 24.5 Å². The second-order valence-electron chi connectivity index (χ2n) is 5.50. The molecule has 0 atom stereocenters. The molecule has 0 amide bonds. The van der Waals surface area contributed by atoms with Crippen molar-refractivity contribution in [3.05, 3.63) is 67.7 Å². The van der Waals surface area contributed by atoms with Crippen LogP contribution in [0.4, 0.5) is 11.4 Å². The van der Waals surface area contributed by atoms with Crippen molar-refractivity contribution < 1.29 is 14.5 Å². The number of rotatable bonds is 3. The molecule has 0 aliphatic carbocycles. The zero-order valence-electron chi connectivity index (χ0n) is 13.0. The second kappa shape index (κ2) is 6.60. The summed E-state index contributed by atoms with van der Waals surface area (Å²) in [4.78, 5) is 24.5. The molecule has 7 heteroatoms. The van der Waals surface area contributed by atoms with Crippen molar-refractivity contribution >= 4 is 33.3 Å². The largest absolute Gasteiger partial charge is 0.465 e. The molecule has 24 heavy (non-hydrogen) atoms. The maximum absolute atomic E-state index is 11.9. The van der Waals surface area contributed by atoms with Gasteiger partial charge in [0, 0.05) is 29.3 Å². The van der Waals surface area contributed by atoms with Gasteiger partial charge in [0.1, 0.15) is 5.56 Å². The Morgan fingerprint density at radius 1 is 1.33 bits per heavy atom. The normalized spacial score (nSPS) is 13.3. The molecule has 0 spiro atoms. The van der Waals surface area contributed by atoms with E-state index in [0.717, 1.165) is 23.1 Å². The van der Waals surface area contributed by atoms with Gasteiger partial charge in [-0.2, -0.15) is 0 Å². The van der Waals surface area contributed by atoms with Gasteiger partial charge in [0.05, 0.1) is 12.0 Å². The first-order chi connectivity index (χ1) is 11.5. The predicted molar refractivity (Wildman–Crippen MR) is 93.3 cm³/mol. The topological polar surface area (TPSA) is 72.7 Å². The number of hydrogen-bond donors (Lipinski definition) is 0. The van der Waals surface area contributed by atoms with Crippen LogP contribution in [0.3, 0.4) is 0 Å². The number of halogens is 1. The van der Waals surface area contributed by atoms with E-state index in [4.69, 9.17) is 0 Å². The van der Waals surface area contributed by atoms with Crippen LogP contribution in [0.2, 0.25) is 0 Å². The van der Waals surface area contributed by atoms with E-state index >= 15 is 0 Å². The summed E-state index contributed by atoms with van der Waals surface area (Å²) in [6.07, 6.45) is 0.874. The number of nitrogens with zero attached hydrogens (tertiary/aromatic N) is 2. The molecule has 0 saturated heterocycles. The van der Waals surface area contributed by atoms with Crippen LogP contribution in [-0.2, 0) is 17.7 Å². The molecule has 0 unspecified atom stereocenters. The van der Waals surface area contributed by atoms with Crippen molar-refractivity contribution in [2.24, 2.45) is 0 Å². The quantitative estimate of drug-likeness (QED) is 0.453. The van der Waals surface area contributed by atoms with Crippen molar-refractivity contribution in [3.8, 4) is 0 Å². The monoisotopic (exact) mass is 390 g/mol. The van der Waals surface area contributed by atoms with Gasteiger partial charge in [-0.15, -0.1) is 0 Å². The molecule has 6 nitrogen and oxygen atoms in total. The summed E-state index contributed by atoms with van der Waals surface area (Å²) in [5, 5.41) is 11.1. The third kappa shape index (κ3) is 2.99. The van der Waals surface area contributed by atoms with E-state index in [-0.39, 0.29) is 11.3 Å². The number of nitro groups is 1. The minimum absolute atomic E-state index is 0.0297. The number of carbonyl (C=O) groups is 1. The van der Waals surface area contributed by atoms with Gasteiger partial charge in [-0.25, -0.2) is 4.79 Å². The fourth-order valence-electron chi connectivity index (χ4n) is 2.91. The van der Waals surface area contributed by atoms with Crippen LogP contribution in [0.5, 0.6) is 0 Å². The van der Waals surface area contributed by atoms with Crippen LogP contribution in [0.1, 0.15) is 21.5 Å². The van der Waals surface area contributed by atoms with Crippen molar-refractivity contribution in [3.63, 3.8) is 0 Å². The van der Waals surface area contributed by atoms with Crippen LogP contribution < -0.4 is 4.90 Å². The van der Waals surface area contributed by atoms with Crippen LogP contribution in [0.15, 0.2) is 40.9 Å². The highest BCUT2D eigenvalue weighted by Gasteiger charge is 2.24. The number of esters is 1. The van der Waals surface area contributed by atoms with Gasteiger partial charge in [-0.05, 0) is 35.7 Å². The highest BCUT2D eigenvalue weighted by molar-refractivity contribution is 9.10. The number of carbonyl (C=O) groups excluding carboxylic acids is 1. The molecule has 0 fully saturated rings. The molecule has 1 aliphatic heterocycles. The first-order valence-electron chi connectivity index (χ1n) is 7.39. The molecule has 0 radical (unpaired) electrons. The Labute approximate surface area is 147 Å². The number of nitro benzene ring substituents is 1. The third-order valence-electron chi connectivity index (χ3n) is 4.16. The van der Waals surface area contributed by atoms with E-state index in [1.165, 1.54) is 30.4 Å². The highest BCUT2D eigenvalue weighted by atomic mass is 79.9. The van der Waals surface area contributed by atoms with Crippen molar-refractivity contribution in [1.29, 1.82) is 0 Å². The van der Waals surface area contributed by atoms with Crippen LogP contribution in [0, 0.1) is 10.1 Å². The Kier molecular flexibility index (Phi) is 4.53. The molecule has 3 rings (SSSR count). The average Bonchev–Trinajstić information content (AvgIpc) is 2.60. The van der Waals surface area contributed by atoms with Crippen LogP contribution >= 0.6 is 15.9 Å². The first-order valence-corrected chi connectivity index (χ1v) is 8.18. The van der Waals surface area contributed by atoms with Gasteiger partial charge >= 0.3 is 5.97 Å². The van der Waals surface area contributed by atoms with Gasteiger partial charge < -0.3 is 9.64 Å². The Balaban J connectivity index is 1.97. The fourth-order valence-corrected chi connectivity index (χ4v) is 3.45. The molecule has 2 aromatic carbocycles. The lowest BCUT2D eigenvalue weighted by atomic mass is 9.99. The third-order valence-corrected chi connectivity index (χ3v) is 4.91. The van der Waals surface area contributed by atoms with E-state index in [0.29, 0.717) is 6.54 Å². The molecular weight excluding hydrogens is 376 g/mol. The summed E-state index contributed by atoms with van der Waals surface area (Å²) < 4.78 is 5.72. The van der Waals surface area contributed by atoms with Crippen molar-refractivity contribution in [1.82, 2.24) is 0 Å². The molecule has 0 bridgehead atoms. The summed E-state index contributed by atoms with van der Waals surface area (Å²) in [6, 6.07) is 10.7. The predicted octanol–water partition coefficient (Wildman–Crippen LogP) is 3.71. The molecule has 0 N–H and O–H groups in total. The van der Waals surface area contributed by atoms with E-state index < -0.39 is 10.9 Å². The molecule has 124 valence electrons. The van der Waals surface area contributed by atoms with E-state index in [9.17, 15) is 14.9 Å². The number of benzene rings is 2. The zero-order chi connectivity index (χ0) is 17.3. The summed E-state index contributed by atoms with van der Waals surface area (Å²) in [6.45, 7) is 1.46. The SMILES string of the molecule is COC(=O)c1cc(N2CCc3cccc(Br)c3C2)ccc1[N+](=O)[O-]. The second-order valence-corrected chi connectivity index (χ2v) is 6.35. The lowest BCUT2D eigenvalue weighted by Crippen LogP contribution is -2.30. The van der Waals surface area contributed by atoms with E-state index in [1.807, 2.05) is 12.1 Å². The van der Waals surface area contributed by atoms with Gasteiger partial charge in [0.15, 0.2) is 0 Å². The number of anilines is 1. The van der Waals surface area contributed by atoms with Crippen molar-refractivity contribution in [2.75, 3.05) is 18.6 Å². The van der Waals surface area contributed by atoms with Gasteiger partial charge in [0.2, 0.25) is 0 Å². The van der Waals surface area contributed by atoms with Gasteiger partial charge in [-0.1, -0.05) is 28.1 Å². The Bertz CT molecular complexity index is 822. The van der Waals surface area contributed by atoms with Gasteiger partial charge in [0.25, 0.3) is 5.69 Å². The molecule has 2 aromatic rings. The molecule has 1 heterocycles. The molecule has 0 saturated carbocycles. The molecule has 1 aliphatic rings. The number of hydrogen-bond acceptors (Lipinski definition) is 5. The summed E-state index contributed by atoms with van der Waals surface area (Å²) in [5.41, 5.74) is 2.97. The van der Waals surface area contributed by atoms with E-state index in [2.05, 4.69) is 31.6 Å². The first kappa shape index (κ1) is 16.4. The van der Waals surface area contributed by atoms with E-state index in [1.54, 1.807) is 6.07 Å². The number of ether oxygens (including phenoxy) is 1. The molecule has 0 aromatic heterocycles. The number of fused-ring (bicyclic) bond motifs is 1. The smallest absolute Gasteiger partial charge is 0.344 e. The minimum Gasteiger partial charge on any atom is -0.465 e. The lowest BCUT2D eigenvalue weighted by Gasteiger charge is -2.31. The fraction of sp³-hybridized carbons (Fsp3) is 0.235.